The quantitative estimate of drug-likeness (QED) is 0.639. The van der Waals surface area contributed by atoms with Gasteiger partial charge in [-0.1, -0.05) is 36.7 Å². The van der Waals surface area contributed by atoms with Crippen molar-refractivity contribution in [2.75, 3.05) is 20.6 Å². The largest absolute Gasteiger partial charge is 0.356 e. The summed E-state index contributed by atoms with van der Waals surface area (Å²) in [6.07, 6.45) is 3.93. The third kappa shape index (κ3) is 5.22. The molecule has 0 fully saturated rings. The van der Waals surface area contributed by atoms with E-state index in [2.05, 4.69) is 27.1 Å². The molecular formula is C17H23ClN4S. The molecule has 1 N–H and O–H groups in total. The summed E-state index contributed by atoms with van der Waals surface area (Å²) in [4.78, 5) is 12.2. The Morgan fingerprint density at radius 2 is 2.17 bits per heavy atom. The van der Waals surface area contributed by atoms with Gasteiger partial charge in [-0.25, -0.2) is 4.98 Å². The van der Waals surface area contributed by atoms with Crippen LogP contribution in [-0.2, 0) is 19.4 Å². The number of hydrogen-bond acceptors (Lipinski definition) is 3. The van der Waals surface area contributed by atoms with Gasteiger partial charge < -0.3 is 10.2 Å². The van der Waals surface area contributed by atoms with Gasteiger partial charge >= 0.3 is 0 Å². The second kappa shape index (κ2) is 8.89. The van der Waals surface area contributed by atoms with E-state index < -0.39 is 0 Å². The summed E-state index contributed by atoms with van der Waals surface area (Å²) in [6, 6.07) is 7.89. The van der Waals surface area contributed by atoms with E-state index in [4.69, 9.17) is 11.6 Å². The Labute approximate surface area is 147 Å². The number of thiazole rings is 1. The first-order valence-electron chi connectivity index (χ1n) is 7.72. The summed E-state index contributed by atoms with van der Waals surface area (Å²) >= 11 is 8.01. The average molecular weight is 351 g/mol. The van der Waals surface area contributed by atoms with Crippen molar-refractivity contribution in [1.29, 1.82) is 0 Å². The lowest BCUT2D eigenvalue weighted by Gasteiger charge is -2.22. The lowest BCUT2D eigenvalue weighted by molar-refractivity contribution is 0.477. The Hall–Kier alpha value is -1.59. The maximum Gasteiger partial charge on any atom is 0.193 e. The van der Waals surface area contributed by atoms with E-state index in [1.807, 2.05) is 37.5 Å². The van der Waals surface area contributed by atoms with Crippen molar-refractivity contribution in [2.24, 2.45) is 4.99 Å². The molecule has 0 saturated heterocycles. The first kappa shape index (κ1) is 17.8. The minimum Gasteiger partial charge on any atom is -0.356 e. The Balaban J connectivity index is 1.86. The molecule has 1 aromatic heterocycles. The van der Waals surface area contributed by atoms with Gasteiger partial charge in [0.2, 0.25) is 0 Å². The predicted molar refractivity (Wildman–Crippen MR) is 99.5 cm³/mol. The van der Waals surface area contributed by atoms with E-state index >= 15 is 0 Å². The number of nitrogens with zero attached hydrogens (tertiary/aromatic N) is 3. The molecule has 0 aliphatic carbocycles. The van der Waals surface area contributed by atoms with Gasteiger partial charge in [-0.15, -0.1) is 11.3 Å². The summed E-state index contributed by atoms with van der Waals surface area (Å²) in [5.74, 6) is 0.859. The molecule has 0 spiro atoms. The molecule has 0 aliphatic rings. The van der Waals surface area contributed by atoms with Gasteiger partial charge in [0.05, 0.1) is 5.01 Å². The lowest BCUT2D eigenvalue weighted by Crippen LogP contribution is -2.39. The van der Waals surface area contributed by atoms with Gasteiger partial charge in [0.1, 0.15) is 0 Å². The smallest absolute Gasteiger partial charge is 0.193 e. The molecule has 1 heterocycles. The van der Waals surface area contributed by atoms with Crippen LogP contribution in [0.5, 0.6) is 0 Å². The SMILES string of the molecule is CCc1cnc(CCNC(=NC)N(C)Cc2ccccc2Cl)s1. The molecule has 23 heavy (non-hydrogen) atoms. The highest BCUT2D eigenvalue weighted by molar-refractivity contribution is 7.11. The fourth-order valence-electron chi connectivity index (χ4n) is 2.25. The van der Waals surface area contributed by atoms with E-state index in [1.165, 1.54) is 9.88 Å². The Morgan fingerprint density at radius 1 is 1.39 bits per heavy atom. The van der Waals surface area contributed by atoms with Crippen LogP contribution in [-0.4, -0.2) is 36.5 Å². The maximum atomic E-state index is 6.22. The molecule has 2 rings (SSSR count). The summed E-state index contributed by atoms with van der Waals surface area (Å²) in [7, 11) is 3.81. The van der Waals surface area contributed by atoms with E-state index in [0.29, 0.717) is 0 Å². The van der Waals surface area contributed by atoms with Crippen LogP contribution in [0.4, 0.5) is 0 Å². The molecular weight excluding hydrogens is 328 g/mol. The van der Waals surface area contributed by atoms with Crippen molar-refractivity contribution in [3.63, 3.8) is 0 Å². The van der Waals surface area contributed by atoms with Crippen molar-refractivity contribution in [1.82, 2.24) is 15.2 Å². The topological polar surface area (TPSA) is 40.5 Å². The fourth-order valence-corrected chi connectivity index (χ4v) is 3.31. The number of nitrogens with one attached hydrogen (secondary N) is 1. The third-order valence-corrected chi connectivity index (χ3v) is 5.08. The molecule has 124 valence electrons. The summed E-state index contributed by atoms with van der Waals surface area (Å²) in [5, 5.41) is 5.33. The van der Waals surface area contributed by atoms with Crippen molar-refractivity contribution in [2.45, 2.75) is 26.3 Å². The minimum atomic E-state index is 0.719. The molecule has 1 aromatic carbocycles. The standard InChI is InChI=1S/C17H23ClN4S/c1-4-14-11-21-16(23-14)9-10-20-17(19-2)22(3)12-13-7-5-6-8-15(13)18/h5-8,11H,4,9-10,12H2,1-3H3,(H,19,20). The molecule has 0 amide bonds. The van der Waals surface area contributed by atoms with E-state index in [-0.39, 0.29) is 0 Å². The number of guanidine groups is 1. The molecule has 0 aliphatic heterocycles. The number of halogens is 1. The van der Waals surface area contributed by atoms with Crippen LogP contribution in [0.1, 0.15) is 22.4 Å². The van der Waals surface area contributed by atoms with Crippen LogP contribution < -0.4 is 5.32 Å². The highest BCUT2D eigenvalue weighted by Gasteiger charge is 2.09. The highest BCUT2D eigenvalue weighted by Crippen LogP contribution is 2.16. The molecule has 0 atom stereocenters. The zero-order valence-corrected chi connectivity index (χ0v) is 15.4. The van der Waals surface area contributed by atoms with Gasteiger partial charge in [0.25, 0.3) is 0 Å². The van der Waals surface area contributed by atoms with Crippen molar-refractivity contribution < 1.29 is 0 Å². The van der Waals surface area contributed by atoms with Gasteiger partial charge in [-0.3, -0.25) is 4.99 Å². The average Bonchev–Trinajstić information content (AvgIpc) is 3.01. The summed E-state index contributed by atoms with van der Waals surface area (Å²) < 4.78 is 0. The second-order valence-electron chi connectivity index (χ2n) is 5.25. The van der Waals surface area contributed by atoms with Crippen LogP contribution in [0.15, 0.2) is 35.5 Å². The zero-order chi connectivity index (χ0) is 16.7. The molecule has 0 bridgehead atoms. The van der Waals surface area contributed by atoms with Crippen LogP contribution in [0.2, 0.25) is 5.02 Å². The highest BCUT2D eigenvalue weighted by atomic mass is 35.5. The monoisotopic (exact) mass is 350 g/mol. The van der Waals surface area contributed by atoms with Gasteiger partial charge in [-0.2, -0.15) is 0 Å². The molecule has 0 saturated carbocycles. The number of aryl methyl sites for hydroxylation is 1. The Kier molecular flexibility index (Phi) is 6.86. The minimum absolute atomic E-state index is 0.719. The van der Waals surface area contributed by atoms with Crippen molar-refractivity contribution in [3.8, 4) is 0 Å². The van der Waals surface area contributed by atoms with Crippen LogP contribution >= 0.6 is 22.9 Å². The van der Waals surface area contributed by atoms with Crippen LogP contribution in [0.25, 0.3) is 0 Å². The van der Waals surface area contributed by atoms with Crippen LogP contribution in [0, 0.1) is 0 Å². The van der Waals surface area contributed by atoms with Crippen LogP contribution in [0.3, 0.4) is 0 Å². The van der Waals surface area contributed by atoms with E-state index in [1.54, 1.807) is 18.4 Å². The molecule has 4 nitrogen and oxygen atoms in total. The fraction of sp³-hybridized carbons (Fsp3) is 0.412. The summed E-state index contributed by atoms with van der Waals surface area (Å²) in [5.41, 5.74) is 1.09. The molecule has 6 heteroatoms. The maximum absolute atomic E-state index is 6.22. The second-order valence-corrected chi connectivity index (χ2v) is 6.85. The van der Waals surface area contributed by atoms with E-state index in [9.17, 15) is 0 Å². The summed E-state index contributed by atoms with van der Waals surface area (Å²) in [6.45, 7) is 3.69. The third-order valence-electron chi connectivity index (χ3n) is 3.51. The van der Waals surface area contributed by atoms with Crippen molar-refractivity contribution >= 4 is 28.9 Å². The predicted octanol–water partition coefficient (Wildman–Crippen LogP) is 3.61. The number of aromatic nitrogens is 1. The zero-order valence-electron chi connectivity index (χ0n) is 13.8. The normalized spacial score (nSPS) is 11.6. The number of rotatable bonds is 6. The molecule has 2 aromatic rings. The van der Waals surface area contributed by atoms with Gasteiger partial charge in [0, 0.05) is 49.7 Å². The molecule has 0 radical (unpaired) electrons. The van der Waals surface area contributed by atoms with E-state index in [0.717, 1.165) is 42.5 Å². The van der Waals surface area contributed by atoms with Gasteiger partial charge in [-0.05, 0) is 18.1 Å². The Bertz CT molecular complexity index is 654. The molecule has 0 unspecified atom stereocenters. The first-order chi connectivity index (χ1) is 11.1. The Morgan fingerprint density at radius 3 is 2.83 bits per heavy atom. The first-order valence-corrected chi connectivity index (χ1v) is 8.92. The van der Waals surface area contributed by atoms with Crippen molar-refractivity contribution in [3.05, 3.63) is 50.9 Å². The number of hydrogen-bond donors (Lipinski definition) is 1. The van der Waals surface area contributed by atoms with Gasteiger partial charge in [0.15, 0.2) is 5.96 Å². The number of aliphatic imine (C=N–C) groups is 1. The number of benzene rings is 1. The lowest BCUT2D eigenvalue weighted by atomic mass is 10.2.